The minimum Gasteiger partial charge on any atom is -0.392 e. The molecule has 1 aromatic rings. The Bertz CT molecular complexity index is 455. The lowest BCUT2D eigenvalue weighted by Gasteiger charge is -2.07. The fourth-order valence-electron chi connectivity index (χ4n) is 1.35. The number of hydrogen-bond donors (Lipinski definition) is 3. The molecule has 0 aliphatic carbocycles. The summed E-state index contributed by atoms with van der Waals surface area (Å²) in [7, 11) is -3.38. The summed E-state index contributed by atoms with van der Waals surface area (Å²) in [5.41, 5.74) is 0. The maximum Gasteiger partial charge on any atom is 0.250 e. The molecule has 1 heterocycles. The summed E-state index contributed by atoms with van der Waals surface area (Å²) in [6, 6.07) is 3.47. The third kappa shape index (κ3) is 5.03. The second-order valence-corrected chi connectivity index (χ2v) is 7.19. The Morgan fingerprint density at radius 3 is 2.67 bits per heavy atom. The Balaban J connectivity index is 2.40. The van der Waals surface area contributed by atoms with Gasteiger partial charge in [-0.05, 0) is 25.5 Å². The molecule has 1 rings (SSSR count). The molecule has 0 radical (unpaired) electrons. The van der Waals surface area contributed by atoms with Crippen molar-refractivity contribution in [3.8, 4) is 0 Å². The van der Waals surface area contributed by atoms with Crippen molar-refractivity contribution in [1.82, 2.24) is 10.0 Å². The van der Waals surface area contributed by atoms with Gasteiger partial charge >= 0.3 is 0 Å². The molecule has 104 valence electrons. The average Bonchev–Trinajstić information content (AvgIpc) is 2.77. The van der Waals surface area contributed by atoms with E-state index in [0.29, 0.717) is 23.8 Å². The highest BCUT2D eigenvalue weighted by atomic mass is 32.2. The van der Waals surface area contributed by atoms with Crippen LogP contribution in [0.4, 0.5) is 0 Å². The first-order valence-corrected chi connectivity index (χ1v) is 8.23. The first-order chi connectivity index (χ1) is 8.45. The zero-order valence-electron chi connectivity index (χ0n) is 10.6. The number of aliphatic hydroxyl groups excluding tert-OH is 1. The zero-order valence-corrected chi connectivity index (χ0v) is 12.3. The monoisotopic (exact) mass is 292 g/mol. The van der Waals surface area contributed by atoms with Gasteiger partial charge in [0.2, 0.25) is 10.0 Å². The fraction of sp³-hybridized carbons (Fsp3) is 0.636. The van der Waals surface area contributed by atoms with Gasteiger partial charge in [0.25, 0.3) is 0 Å². The van der Waals surface area contributed by atoms with Crippen LogP contribution in [0.3, 0.4) is 0 Å². The highest BCUT2D eigenvalue weighted by Crippen LogP contribution is 2.21. The Hall–Kier alpha value is -0.470. The Labute approximate surface area is 112 Å². The third-order valence-electron chi connectivity index (χ3n) is 2.28. The van der Waals surface area contributed by atoms with Crippen LogP contribution in [0.25, 0.3) is 0 Å². The van der Waals surface area contributed by atoms with Gasteiger partial charge in [-0.2, -0.15) is 0 Å². The summed E-state index contributed by atoms with van der Waals surface area (Å²) in [6.45, 7) is 4.94. The van der Waals surface area contributed by atoms with E-state index in [2.05, 4.69) is 10.0 Å². The number of hydrogen-bond acceptors (Lipinski definition) is 5. The SMILES string of the molecule is CCc1ccc(S(=O)(=O)NCCNCC(C)O)s1. The van der Waals surface area contributed by atoms with Gasteiger partial charge < -0.3 is 10.4 Å². The van der Waals surface area contributed by atoms with Crippen LogP contribution in [0.15, 0.2) is 16.3 Å². The molecule has 0 aliphatic rings. The number of thiophene rings is 1. The molecule has 0 amide bonds. The van der Waals surface area contributed by atoms with Crippen LogP contribution >= 0.6 is 11.3 Å². The Kier molecular flexibility index (Phi) is 6.24. The van der Waals surface area contributed by atoms with E-state index in [1.54, 1.807) is 13.0 Å². The maximum absolute atomic E-state index is 11.9. The molecule has 1 atom stereocenters. The van der Waals surface area contributed by atoms with Crippen LogP contribution < -0.4 is 10.0 Å². The van der Waals surface area contributed by atoms with Crippen LogP contribution in [0.1, 0.15) is 18.7 Å². The minimum absolute atomic E-state index is 0.314. The van der Waals surface area contributed by atoms with Crippen LogP contribution in [-0.2, 0) is 16.4 Å². The van der Waals surface area contributed by atoms with Crippen molar-refractivity contribution in [1.29, 1.82) is 0 Å². The molecule has 0 bridgehead atoms. The van der Waals surface area contributed by atoms with E-state index in [1.165, 1.54) is 11.3 Å². The topological polar surface area (TPSA) is 78.4 Å². The van der Waals surface area contributed by atoms with Crippen LogP contribution in [0.5, 0.6) is 0 Å². The van der Waals surface area contributed by atoms with Gasteiger partial charge in [-0.3, -0.25) is 0 Å². The molecule has 0 spiro atoms. The second kappa shape index (κ2) is 7.20. The lowest BCUT2D eigenvalue weighted by atomic mass is 10.4. The highest BCUT2D eigenvalue weighted by Gasteiger charge is 2.15. The predicted octanol–water partition coefficient (Wildman–Crippen LogP) is 0.559. The molecule has 0 aromatic carbocycles. The largest absolute Gasteiger partial charge is 0.392 e. The number of sulfonamides is 1. The Morgan fingerprint density at radius 1 is 1.39 bits per heavy atom. The van der Waals surface area contributed by atoms with E-state index < -0.39 is 16.1 Å². The van der Waals surface area contributed by atoms with E-state index in [0.717, 1.165) is 11.3 Å². The van der Waals surface area contributed by atoms with Crippen molar-refractivity contribution >= 4 is 21.4 Å². The molecule has 0 aliphatic heterocycles. The molecule has 0 saturated carbocycles. The summed E-state index contributed by atoms with van der Waals surface area (Å²) in [6.07, 6.45) is 0.418. The van der Waals surface area contributed by atoms with Gasteiger partial charge in [0.05, 0.1) is 6.10 Å². The van der Waals surface area contributed by atoms with Gasteiger partial charge in [-0.15, -0.1) is 11.3 Å². The van der Waals surface area contributed by atoms with Gasteiger partial charge in [-0.25, -0.2) is 13.1 Å². The number of rotatable bonds is 8. The molecule has 3 N–H and O–H groups in total. The summed E-state index contributed by atoms with van der Waals surface area (Å²) in [5.74, 6) is 0. The van der Waals surface area contributed by atoms with Gasteiger partial charge in [0, 0.05) is 24.5 Å². The summed E-state index contributed by atoms with van der Waals surface area (Å²) < 4.78 is 26.6. The van der Waals surface area contributed by atoms with Crippen LogP contribution in [0.2, 0.25) is 0 Å². The van der Waals surface area contributed by atoms with Crippen molar-refractivity contribution < 1.29 is 13.5 Å². The molecule has 1 aromatic heterocycles. The number of aryl methyl sites for hydroxylation is 1. The van der Waals surface area contributed by atoms with Crippen molar-refractivity contribution in [3.63, 3.8) is 0 Å². The smallest absolute Gasteiger partial charge is 0.250 e. The van der Waals surface area contributed by atoms with E-state index >= 15 is 0 Å². The molecule has 7 heteroatoms. The molecular formula is C11H20N2O3S2. The molecule has 1 unspecified atom stereocenters. The minimum atomic E-state index is -3.38. The first-order valence-electron chi connectivity index (χ1n) is 5.93. The lowest BCUT2D eigenvalue weighted by molar-refractivity contribution is 0.192. The summed E-state index contributed by atoms with van der Waals surface area (Å²) in [5, 5.41) is 12.0. The number of aliphatic hydroxyl groups is 1. The normalized spacial score (nSPS) is 13.7. The average molecular weight is 292 g/mol. The second-order valence-electron chi connectivity index (χ2n) is 4.03. The maximum atomic E-state index is 11.9. The van der Waals surface area contributed by atoms with Crippen molar-refractivity contribution in [2.45, 2.75) is 30.6 Å². The zero-order chi connectivity index (χ0) is 13.6. The van der Waals surface area contributed by atoms with Crippen LogP contribution in [-0.4, -0.2) is 39.3 Å². The molecule has 18 heavy (non-hydrogen) atoms. The molecule has 0 fully saturated rings. The predicted molar refractivity (Wildman–Crippen MR) is 73.4 cm³/mol. The van der Waals surface area contributed by atoms with Gasteiger partial charge in [-0.1, -0.05) is 6.92 Å². The molecule has 5 nitrogen and oxygen atoms in total. The highest BCUT2D eigenvalue weighted by molar-refractivity contribution is 7.91. The fourth-order valence-corrected chi connectivity index (χ4v) is 3.72. The van der Waals surface area contributed by atoms with E-state index in [9.17, 15) is 8.42 Å². The van der Waals surface area contributed by atoms with Crippen molar-refractivity contribution in [3.05, 3.63) is 17.0 Å². The first kappa shape index (κ1) is 15.6. The molecular weight excluding hydrogens is 272 g/mol. The van der Waals surface area contributed by atoms with Crippen molar-refractivity contribution in [2.24, 2.45) is 0 Å². The van der Waals surface area contributed by atoms with Crippen LogP contribution in [0, 0.1) is 0 Å². The lowest BCUT2D eigenvalue weighted by Crippen LogP contribution is -2.34. The van der Waals surface area contributed by atoms with Crippen molar-refractivity contribution in [2.75, 3.05) is 19.6 Å². The van der Waals surface area contributed by atoms with E-state index in [1.807, 2.05) is 13.0 Å². The number of nitrogens with one attached hydrogen (secondary N) is 2. The van der Waals surface area contributed by atoms with E-state index in [-0.39, 0.29) is 0 Å². The molecule has 0 saturated heterocycles. The summed E-state index contributed by atoms with van der Waals surface area (Å²) in [4.78, 5) is 1.06. The quantitative estimate of drug-likeness (QED) is 0.612. The van der Waals surface area contributed by atoms with Gasteiger partial charge in [0.1, 0.15) is 4.21 Å². The van der Waals surface area contributed by atoms with Gasteiger partial charge in [0.15, 0.2) is 0 Å². The Morgan fingerprint density at radius 2 is 2.11 bits per heavy atom. The summed E-state index contributed by atoms with van der Waals surface area (Å²) >= 11 is 1.30. The van der Waals surface area contributed by atoms with E-state index in [4.69, 9.17) is 5.11 Å². The third-order valence-corrected chi connectivity index (χ3v) is 5.47. The standard InChI is InChI=1S/C11H20N2O3S2/c1-3-10-4-5-11(17-10)18(15,16)13-7-6-12-8-9(2)14/h4-5,9,12-14H,3,6-8H2,1-2H3.